The van der Waals surface area contributed by atoms with Crippen LogP contribution in [0.1, 0.15) is 30.2 Å². The molecular weight excluding hydrogens is 414 g/mol. The summed E-state index contributed by atoms with van der Waals surface area (Å²) in [6, 6.07) is 8.11. The highest BCUT2D eigenvalue weighted by molar-refractivity contribution is 6.19. The van der Waals surface area contributed by atoms with Gasteiger partial charge in [-0.05, 0) is 68.2 Å². The van der Waals surface area contributed by atoms with E-state index < -0.39 is 16.7 Å². The Morgan fingerprint density at radius 2 is 1.88 bits per heavy atom. The molecule has 1 aliphatic rings. The second kappa shape index (κ2) is 8.99. The summed E-state index contributed by atoms with van der Waals surface area (Å²) in [4.78, 5) is 37.3. The molecule has 2 amide bonds. The van der Waals surface area contributed by atoms with Crippen LogP contribution >= 0.6 is 0 Å². The van der Waals surface area contributed by atoms with Crippen molar-refractivity contribution in [3.8, 4) is 17.4 Å². The van der Waals surface area contributed by atoms with Crippen molar-refractivity contribution in [2.24, 2.45) is 0 Å². The van der Waals surface area contributed by atoms with Crippen LogP contribution in [0.25, 0.3) is 17.4 Å². The van der Waals surface area contributed by atoms with Gasteiger partial charge in [0, 0.05) is 24.8 Å². The standard InChI is InChI=1S/C23H21N3O6/c1-13-9-18(20(26(30)31)10-14(13)2)21-6-5-16(32-21)11-17-15(3)19(12-24)23(29)25(22(17)28)7-4-8-27/h5-6,9-11,27H,4,7-8H2,1-3H3/b17-11+. The molecule has 0 unspecified atom stereocenters. The van der Waals surface area contributed by atoms with Crippen molar-refractivity contribution in [3.63, 3.8) is 0 Å². The van der Waals surface area contributed by atoms with Crippen molar-refractivity contribution in [2.75, 3.05) is 13.2 Å². The zero-order valence-electron chi connectivity index (χ0n) is 17.8. The van der Waals surface area contributed by atoms with Gasteiger partial charge in [-0.2, -0.15) is 5.26 Å². The molecule has 1 N–H and O–H groups in total. The Morgan fingerprint density at radius 3 is 2.50 bits per heavy atom. The number of aryl methyl sites for hydroxylation is 2. The van der Waals surface area contributed by atoms with Gasteiger partial charge in [0.25, 0.3) is 17.5 Å². The minimum absolute atomic E-state index is 0.0256. The monoisotopic (exact) mass is 435 g/mol. The first kappa shape index (κ1) is 22.7. The maximum absolute atomic E-state index is 12.9. The molecule has 2 heterocycles. The van der Waals surface area contributed by atoms with E-state index in [2.05, 4.69) is 0 Å². The normalized spacial score (nSPS) is 15.5. The summed E-state index contributed by atoms with van der Waals surface area (Å²) in [6.07, 6.45) is 1.59. The average molecular weight is 435 g/mol. The molecule has 9 nitrogen and oxygen atoms in total. The number of nitriles is 1. The fraction of sp³-hybridized carbons (Fsp3) is 0.261. The summed E-state index contributed by atoms with van der Waals surface area (Å²) in [7, 11) is 0. The Hall–Kier alpha value is -4.03. The van der Waals surface area contributed by atoms with Gasteiger partial charge in [-0.15, -0.1) is 0 Å². The number of aliphatic hydroxyl groups is 1. The zero-order chi connectivity index (χ0) is 23.6. The lowest BCUT2D eigenvalue weighted by atomic mass is 9.94. The number of hydrogen-bond acceptors (Lipinski definition) is 7. The van der Waals surface area contributed by atoms with Gasteiger partial charge in [0.1, 0.15) is 23.2 Å². The van der Waals surface area contributed by atoms with Crippen LogP contribution in [0.2, 0.25) is 0 Å². The Labute approximate surface area is 184 Å². The largest absolute Gasteiger partial charge is 0.456 e. The number of hydrogen-bond donors (Lipinski definition) is 1. The van der Waals surface area contributed by atoms with E-state index in [0.29, 0.717) is 5.56 Å². The Kier molecular flexibility index (Phi) is 6.37. The molecule has 0 saturated heterocycles. The molecule has 2 aromatic rings. The molecule has 0 radical (unpaired) electrons. The van der Waals surface area contributed by atoms with Crippen LogP contribution in [0, 0.1) is 35.3 Å². The van der Waals surface area contributed by atoms with Crippen LogP contribution in [0.4, 0.5) is 5.69 Å². The minimum Gasteiger partial charge on any atom is -0.456 e. The number of aliphatic hydroxyl groups excluding tert-OH is 1. The SMILES string of the molecule is CC1=C(C#N)C(=O)N(CCCO)C(=O)/C1=C/c1ccc(-c2cc(C)c(C)cc2[N+](=O)[O-])o1. The van der Waals surface area contributed by atoms with Crippen LogP contribution in [0.3, 0.4) is 0 Å². The number of carbonyl (C=O) groups is 2. The first-order valence-corrected chi connectivity index (χ1v) is 9.85. The van der Waals surface area contributed by atoms with E-state index in [4.69, 9.17) is 9.52 Å². The van der Waals surface area contributed by atoms with Crippen LogP contribution in [0.15, 0.2) is 45.4 Å². The van der Waals surface area contributed by atoms with Gasteiger partial charge >= 0.3 is 0 Å². The maximum atomic E-state index is 12.9. The number of nitro groups is 1. The number of nitro benzene ring substituents is 1. The molecule has 0 atom stereocenters. The lowest BCUT2D eigenvalue weighted by Gasteiger charge is -2.27. The summed E-state index contributed by atoms with van der Waals surface area (Å²) < 4.78 is 5.78. The van der Waals surface area contributed by atoms with E-state index in [1.165, 1.54) is 19.1 Å². The molecular formula is C23H21N3O6. The van der Waals surface area contributed by atoms with E-state index in [9.17, 15) is 25.0 Å². The van der Waals surface area contributed by atoms with Crippen molar-refractivity contribution >= 4 is 23.6 Å². The number of imide groups is 1. The lowest BCUT2D eigenvalue weighted by molar-refractivity contribution is -0.384. The van der Waals surface area contributed by atoms with E-state index in [0.717, 1.165) is 16.0 Å². The molecule has 1 aromatic carbocycles. The Morgan fingerprint density at radius 1 is 1.19 bits per heavy atom. The summed E-state index contributed by atoms with van der Waals surface area (Å²) in [5.74, 6) is -0.809. The van der Waals surface area contributed by atoms with E-state index >= 15 is 0 Å². The molecule has 0 aliphatic carbocycles. The Bertz CT molecular complexity index is 1230. The van der Waals surface area contributed by atoms with Crippen LogP contribution in [-0.2, 0) is 9.59 Å². The molecule has 0 bridgehead atoms. The van der Waals surface area contributed by atoms with Crippen molar-refractivity contribution in [1.29, 1.82) is 5.26 Å². The van der Waals surface area contributed by atoms with Gasteiger partial charge in [-0.1, -0.05) is 0 Å². The molecule has 0 fully saturated rings. The Balaban J connectivity index is 2.07. The van der Waals surface area contributed by atoms with Crippen molar-refractivity contribution in [2.45, 2.75) is 27.2 Å². The van der Waals surface area contributed by atoms with Gasteiger partial charge in [-0.3, -0.25) is 24.6 Å². The van der Waals surface area contributed by atoms with Gasteiger partial charge in [0.15, 0.2) is 0 Å². The van der Waals surface area contributed by atoms with E-state index in [1.807, 2.05) is 13.0 Å². The predicted octanol–water partition coefficient (Wildman–Crippen LogP) is 3.45. The molecule has 1 aromatic heterocycles. The summed E-state index contributed by atoms with van der Waals surface area (Å²) in [5.41, 5.74) is 2.01. The summed E-state index contributed by atoms with van der Waals surface area (Å²) >= 11 is 0. The number of nitrogens with zero attached hydrogens (tertiary/aromatic N) is 3. The van der Waals surface area contributed by atoms with Gasteiger partial charge in [0.2, 0.25) is 0 Å². The quantitative estimate of drug-likeness (QED) is 0.317. The third-order valence-electron chi connectivity index (χ3n) is 5.35. The number of carbonyl (C=O) groups excluding carboxylic acids is 2. The van der Waals surface area contributed by atoms with Crippen molar-refractivity contribution in [3.05, 3.63) is 68.0 Å². The highest BCUT2D eigenvalue weighted by Crippen LogP contribution is 2.35. The fourth-order valence-corrected chi connectivity index (χ4v) is 3.43. The highest BCUT2D eigenvalue weighted by atomic mass is 16.6. The molecule has 9 heteroatoms. The molecule has 32 heavy (non-hydrogen) atoms. The molecule has 0 saturated carbocycles. The maximum Gasteiger partial charge on any atom is 0.280 e. The van der Waals surface area contributed by atoms with Crippen LogP contribution < -0.4 is 0 Å². The first-order chi connectivity index (χ1) is 15.2. The van der Waals surface area contributed by atoms with Crippen LogP contribution in [0.5, 0.6) is 0 Å². The average Bonchev–Trinajstić information content (AvgIpc) is 3.21. The number of rotatable bonds is 6. The lowest BCUT2D eigenvalue weighted by Crippen LogP contribution is -2.43. The number of furan rings is 1. The molecule has 164 valence electrons. The smallest absolute Gasteiger partial charge is 0.280 e. The van der Waals surface area contributed by atoms with E-state index in [1.54, 1.807) is 25.1 Å². The summed E-state index contributed by atoms with van der Waals surface area (Å²) in [5, 5.41) is 30.0. The number of amides is 2. The second-order valence-electron chi connectivity index (χ2n) is 7.42. The zero-order valence-corrected chi connectivity index (χ0v) is 17.8. The van der Waals surface area contributed by atoms with Gasteiger partial charge in [-0.25, -0.2) is 0 Å². The highest BCUT2D eigenvalue weighted by Gasteiger charge is 2.35. The van der Waals surface area contributed by atoms with Crippen molar-refractivity contribution in [1.82, 2.24) is 4.90 Å². The minimum atomic E-state index is -0.702. The molecule has 1 aliphatic heterocycles. The summed E-state index contributed by atoms with van der Waals surface area (Å²) in [6.45, 7) is 4.88. The fourth-order valence-electron chi connectivity index (χ4n) is 3.43. The molecule has 0 spiro atoms. The van der Waals surface area contributed by atoms with Crippen LogP contribution in [-0.4, -0.2) is 39.9 Å². The topological polar surface area (TPSA) is 138 Å². The predicted molar refractivity (Wildman–Crippen MR) is 115 cm³/mol. The van der Waals surface area contributed by atoms with Gasteiger partial charge < -0.3 is 9.52 Å². The first-order valence-electron chi connectivity index (χ1n) is 9.85. The second-order valence-corrected chi connectivity index (χ2v) is 7.42. The van der Waals surface area contributed by atoms with Crippen molar-refractivity contribution < 1.29 is 24.0 Å². The third-order valence-corrected chi connectivity index (χ3v) is 5.35. The molecule has 3 rings (SSSR count). The van der Waals surface area contributed by atoms with Gasteiger partial charge in [0.05, 0.1) is 10.5 Å². The third kappa shape index (κ3) is 4.08. The van der Waals surface area contributed by atoms with E-state index in [-0.39, 0.29) is 53.5 Å². The number of benzene rings is 1.